The van der Waals surface area contributed by atoms with E-state index in [1.807, 2.05) is 6.92 Å². The molecule has 0 aliphatic heterocycles. The van der Waals surface area contributed by atoms with Crippen molar-refractivity contribution in [2.45, 2.75) is 45.6 Å². The molecule has 2 nitrogen and oxygen atoms in total. The van der Waals surface area contributed by atoms with Crippen molar-refractivity contribution in [3.63, 3.8) is 0 Å². The number of hydrogen-bond donors (Lipinski definition) is 0. The Labute approximate surface area is 125 Å². The highest BCUT2D eigenvalue weighted by molar-refractivity contribution is 9.09. The van der Waals surface area contributed by atoms with Crippen LogP contribution < -0.4 is 0 Å². The van der Waals surface area contributed by atoms with Gasteiger partial charge in [-0.25, -0.2) is 0 Å². The Kier molecular flexibility index (Phi) is 4.56. The maximum atomic E-state index is 12.8. The van der Waals surface area contributed by atoms with E-state index in [0.29, 0.717) is 11.7 Å². The number of Topliss-reactive ketones (excluding diaryl/α,β-unsaturated/α-hetero) is 1. The first-order valence-corrected chi connectivity index (χ1v) is 8.35. The Hall–Kier alpha value is -0.150. The van der Waals surface area contributed by atoms with E-state index in [1.165, 1.54) is 6.42 Å². The fraction of sp³-hybridized carbons (Fsp3) is 0.812. The summed E-state index contributed by atoms with van der Waals surface area (Å²) in [6, 6.07) is 0. The molecule has 0 heterocycles. The lowest BCUT2D eigenvalue weighted by Gasteiger charge is -2.53. The Balaban J connectivity index is 2.36. The zero-order valence-electron chi connectivity index (χ0n) is 12.2. The average Bonchev–Trinajstić information content (AvgIpc) is 2.37. The van der Waals surface area contributed by atoms with Gasteiger partial charge < -0.3 is 4.74 Å². The molecular weight excluding hydrogens is 304 g/mol. The van der Waals surface area contributed by atoms with Crippen LogP contribution in [-0.2, 0) is 9.53 Å². The maximum Gasteiger partial charge on any atom is 0.165 e. The SMILES string of the molecule is C=C(C)C1CC2(C)C(CBr)CCCC2C(=O)C1OC. The van der Waals surface area contributed by atoms with Gasteiger partial charge in [0.2, 0.25) is 0 Å². The zero-order valence-corrected chi connectivity index (χ0v) is 13.8. The molecule has 0 radical (unpaired) electrons. The number of hydrogen-bond acceptors (Lipinski definition) is 2. The number of ketones is 1. The van der Waals surface area contributed by atoms with Crippen molar-refractivity contribution in [2.75, 3.05) is 12.4 Å². The molecule has 108 valence electrons. The highest BCUT2D eigenvalue weighted by Gasteiger charge is 2.54. The van der Waals surface area contributed by atoms with Crippen molar-refractivity contribution in [2.24, 2.45) is 23.2 Å². The Morgan fingerprint density at radius 2 is 2.21 bits per heavy atom. The maximum absolute atomic E-state index is 12.8. The van der Waals surface area contributed by atoms with E-state index in [1.54, 1.807) is 7.11 Å². The van der Waals surface area contributed by atoms with Crippen molar-refractivity contribution in [3.05, 3.63) is 12.2 Å². The number of rotatable bonds is 3. The number of carbonyl (C=O) groups excluding carboxylic acids is 1. The number of halogens is 1. The molecule has 0 bridgehead atoms. The van der Waals surface area contributed by atoms with E-state index in [0.717, 1.165) is 30.2 Å². The quantitative estimate of drug-likeness (QED) is 0.578. The standard InChI is InChI=1S/C16H25BrO2/c1-10(2)12-8-16(3)11(9-17)6-5-7-13(16)14(18)15(12)19-4/h11-13,15H,1,5-9H2,2-4H3. The predicted molar refractivity (Wildman–Crippen MR) is 81.5 cm³/mol. The second-order valence-corrected chi connectivity index (χ2v) is 7.20. The van der Waals surface area contributed by atoms with Gasteiger partial charge in [0.25, 0.3) is 0 Å². The first kappa shape index (κ1) is 15.2. The first-order valence-electron chi connectivity index (χ1n) is 7.23. The summed E-state index contributed by atoms with van der Waals surface area (Å²) in [5.74, 6) is 1.26. The van der Waals surface area contributed by atoms with E-state index in [2.05, 4.69) is 29.4 Å². The van der Waals surface area contributed by atoms with E-state index < -0.39 is 0 Å². The number of fused-ring (bicyclic) bond motifs is 1. The number of alkyl halides is 1. The Morgan fingerprint density at radius 3 is 2.74 bits per heavy atom. The summed E-state index contributed by atoms with van der Waals surface area (Å²) in [5, 5.41) is 0.994. The van der Waals surface area contributed by atoms with Gasteiger partial charge >= 0.3 is 0 Å². The van der Waals surface area contributed by atoms with Crippen LogP contribution >= 0.6 is 15.9 Å². The van der Waals surface area contributed by atoms with Crippen LogP contribution in [0.1, 0.15) is 39.5 Å². The predicted octanol–water partition coefficient (Wildman–Crippen LogP) is 3.98. The molecular formula is C16H25BrO2. The number of ether oxygens (including phenoxy) is 1. The summed E-state index contributed by atoms with van der Waals surface area (Å²) in [6.07, 6.45) is 4.18. The third-order valence-corrected chi connectivity index (χ3v) is 6.28. The summed E-state index contributed by atoms with van der Waals surface area (Å²) in [6.45, 7) is 8.42. The second kappa shape index (κ2) is 5.69. The molecule has 2 rings (SSSR count). The molecule has 0 spiro atoms. The summed E-state index contributed by atoms with van der Waals surface area (Å²) in [4.78, 5) is 12.8. The summed E-state index contributed by atoms with van der Waals surface area (Å²) < 4.78 is 5.52. The van der Waals surface area contributed by atoms with Gasteiger partial charge in [-0.3, -0.25) is 4.79 Å². The smallest absolute Gasteiger partial charge is 0.165 e. The summed E-state index contributed by atoms with van der Waals surface area (Å²) >= 11 is 3.65. The van der Waals surface area contributed by atoms with Gasteiger partial charge in [0.15, 0.2) is 5.78 Å². The molecule has 2 aliphatic rings. The van der Waals surface area contributed by atoms with Crippen LogP contribution in [0.5, 0.6) is 0 Å². The number of methoxy groups -OCH3 is 1. The van der Waals surface area contributed by atoms with Gasteiger partial charge in [0, 0.05) is 24.3 Å². The summed E-state index contributed by atoms with van der Waals surface area (Å²) in [7, 11) is 1.66. The van der Waals surface area contributed by atoms with Crippen LogP contribution in [0.15, 0.2) is 12.2 Å². The monoisotopic (exact) mass is 328 g/mol. The fourth-order valence-electron chi connectivity index (χ4n) is 4.23. The van der Waals surface area contributed by atoms with Gasteiger partial charge in [-0.15, -0.1) is 0 Å². The van der Waals surface area contributed by atoms with Gasteiger partial charge in [-0.1, -0.05) is 41.4 Å². The van der Waals surface area contributed by atoms with Crippen LogP contribution in [0.2, 0.25) is 0 Å². The van der Waals surface area contributed by atoms with Crippen molar-refractivity contribution in [1.82, 2.24) is 0 Å². The van der Waals surface area contributed by atoms with E-state index in [9.17, 15) is 4.79 Å². The normalized spacial score (nSPS) is 42.8. The zero-order chi connectivity index (χ0) is 14.2. The molecule has 2 aliphatic carbocycles. The molecule has 5 unspecified atom stereocenters. The fourth-order valence-corrected chi connectivity index (χ4v) is 5.30. The molecule has 2 fully saturated rings. The van der Waals surface area contributed by atoms with Gasteiger partial charge in [0.05, 0.1) is 0 Å². The van der Waals surface area contributed by atoms with E-state index in [4.69, 9.17) is 4.74 Å². The lowest BCUT2D eigenvalue weighted by atomic mass is 9.52. The molecule has 3 heteroatoms. The van der Waals surface area contributed by atoms with Crippen molar-refractivity contribution in [3.8, 4) is 0 Å². The number of carbonyl (C=O) groups is 1. The lowest BCUT2D eigenvalue weighted by molar-refractivity contribution is -0.154. The molecule has 0 aromatic carbocycles. The van der Waals surface area contributed by atoms with Crippen molar-refractivity contribution in [1.29, 1.82) is 0 Å². The molecule has 0 aromatic heterocycles. The minimum Gasteiger partial charge on any atom is -0.373 e. The van der Waals surface area contributed by atoms with Crippen LogP contribution in [0.4, 0.5) is 0 Å². The second-order valence-electron chi connectivity index (χ2n) is 6.56. The van der Waals surface area contributed by atoms with Crippen LogP contribution in [-0.4, -0.2) is 24.3 Å². The topological polar surface area (TPSA) is 26.3 Å². The van der Waals surface area contributed by atoms with Crippen molar-refractivity contribution < 1.29 is 9.53 Å². The largest absolute Gasteiger partial charge is 0.373 e. The minimum absolute atomic E-state index is 0.109. The molecule has 0 aromatic rings. The van der Waals surface area contributed by atoms with Gasteiger partial charge in [-0.2, -0.15) is 0 Å². The summed E-state index contributed by atoms with van der Waals surface area (Å²) in [5.41, 5.74) is 1.19. The van der Waals surface area contributed by atoms with Crippen LogP contribution in [0.3, 0.4) is 0 Å². The van der Waals surface area contributed by atoms with Crippen molar-refractivity contribution >= 4 is 21.7 Å². The molecule has 19 heavy (non-hydrogen) atoms. The van der Waals surface area contributed by atoms with E-state index in [-0.39, 0.29) is 23.4 Å². The highest BCUT2D eigenvalue weighted by atomic mass is 79.9. The molecule has 0 N–H and O–H groups in total. The van der Waals surface area contributed by atoms with Gasteiger partial charge in [0.1, 0.15) is 6.10 Å². The van der Waals surface area contributed by atoms with Crippen LogP contribution in [0.25, 0.3) is 0 Å². The molecule has 5 atom stereocenters. The third-order valence-electron chi connectivity index (χ3n) is 5.50. The Morgan fingerprint density at radius 1 is 1.53 bits per heavy atom. The highest BCUT2D eigenvalue weighted by Crippen LogP contribution is 2.55. The minimum atomic E-state index is -0.273. The molecule has 0 saturated heterocycles. The Bertz CT molecular complexity index is 379. The third kappa shape index (κ3) is 2.44. The molecule has 0 amide bonds. The average molecular weight is 329 g/mol. The van der Waals surface area contributed by atoms with Crippen LogP contribution in [0, 0.1) is 23.2 Å². The van der Waals surface area contributed by atoms with Gasteiger partial charge in [-0.05, 0) is 37.5 Å². The lowest BCUT2D eigenvalue weighted by Crippen LogP contribution is -2.55. The van der Waals surface area contributed by atoms with E-state index >= 15 is 0 Å². The first-order chi connectivity index (χ1) is 8.95. The molecule has 2 saturated carbocycles.